The Labute approximate surface area is 159 Å². The Morgan fingerprint density at radius 1 is 1.22 bits per heavy atom. The number of aromatic nitrogens is 4. The van der Waals surface area contributed by atoms with Crippen molar-refractivity contribution in [3.8, 4) is 5.88 Å². The standard InChI is InChI=1S/C19H17N5O2S/c1-23-12-14(17(22-23)26-2)18(25)24(11-13-7-5-6-10-20-13)19-21-15-8-3-4-9-16(15)27-19/h3-10,12H,11H2,1-2H3. The monoisotopic (exact) mass is 379 g/mol. The highest BCUT2D eigenvalue weighted by atomic mass is 32.1. The van der Waals surface area contributed by atoms with Crippen molar-refractivity contribution in [1.29, 1.82) is 0 Å². The number of rotatable bonds is 5. The molecule has 8 heteroatoms. The lowest BCUT2D eigenvalue weighted by molar-refractivity contribution is 0.0982. The first-order valence-corrected chi connectivity index (χ1v) is 9.12. The number of anilines is 1. The molecule has 0 spiro atoms. The quantitative estimate of drug-likeness (QED) is 0.532. The molecule has 0 atom stereocenters. The summed E-state index contributed by atoms with van der Waals surface area (Å²) in [6, 6.07) is 13.4. The van der Waals surface area contributed by atoms with E-state index >= 15 is 0 Å². The Kier molecular flexibility index (Phi) is 4.55. The predicted molar refractivity (Wildman–Crippen MR) is 104 cm³/mol. The molecule has 0 fully saturated rings. The minimum atomic E-state index is -0.232. The van der Waals surface area contributed by atoms with Gasteiger partial charge in [0.25, 0.3) is 5.91 Å². The van der Waals surface area contributed by atoms with Gasteiger partial charge in [0.2, 0.25) is 5.88 Å². The van der Waals surface area contributed by atoms with Gasteiger partial charge in [0.05, 0.1) is 29.6 Å². The summed E-state index contributed by atoms with van der Waals surface area (Å²) in [6.45, 7) is 0.303. The van der Waals surface area contributed by atoms with E-state index < -0.39 is 0 Å². The van der Waals surface area contributed by atoms with Gasteiger partial charge >= 0.3 is 0 Å². The third-order valence-corrected chi connectivity index (χ3v) is 5.08. The first-order valence-electron chi connectivity index (χ1n) is 8.30. The van der Waals surface area contributed by atoms with Gasteiger partial charge in [0, 0.05) is 19.4 Å². The topological polar surface area (TPSA) is 73.1 Å². The number of nitrogens with zero attached hydrogens (tertiary/aromatic N) is 5. The van der Waals surface area contributed by atoms with Crippen LogP contribution < -0.4 is 9.64 Å². The van der Waals surface area contributed by atoms with Gasteiger partial charge in [-0.2, -0.15) is 0 Å². The van der Waals surface area contributed by atoms with Crippen molar-refractivity contribution < 1.29 is 9.53 Å². The van der Waals surface area contributed by atoms with Crippen LogP contribution >= 0.6 is 11.3 Å². The molecule has 0 radical (unpaired) electrons. The van der Waals surface area contributed by atoms with Gasteiger partial charge in [-0.3, -0.25) is 19.4 Å². The third kappa shape index (κ3) is 3.39. The molecule has 0 unspecified atom stereocenters. The second kappa shape index (κ2) is 7.16. The molecule has 27 heavy (non-hydrogen) atoms. The van der Waals surface area contributed by atoms with E-state index in [1.807, 2.05) is 42.5 Å². The number of hydrogen-bond donors (Lipinski definition) is 0. The maximum absolute atomic E-state index is 13.4. The second-order valence-electron chi connectivity index (χ2n) is 5.90. The highest BCUT2D eigenvalue weighted by molar-refractivity contribution is 7.22. The molecule has 0 aliphatic heterocycles. The maximum Gasteiger partial charge on any atom is 0.267 e. The normalized spacial score (nSPS) is 10.9. The highest BCUT2D eigenvalue weighted by Crippen LogP contribution is 2.31. The molecule has 4 rings (SSSR count). The van der Waals surface area contributed by atoms with Gasteiger partial charge in [0.1, 0.15) is 5.56 Å². The molecular weight excluding hydrogens is 362 g/mol. The molecular formula is C19H17N5O2S. The fourth-order valence-corrected chi connectivity index (χ4v) is 3.73. The number of fused-ring (bicyclic) bond motifs is 1. The highest BCUT2D eigenvalue weighted by Gasteiger charge is 2.26. The van der Waals surface area contributed by atoms with Crippen molar-refractivity contribution in [3.63, 3.8) is 0 Å². The number of para-hydroxylation sites is 1. The van der Waals surface area contributed by atoms with Crippen LogP contribution in [0.3, 0.4) is 0 Å². The first-order chi connectivity index (χ1) is 13.2. The van der Waals surface area contributed by atoms with Gasteiger partial charge in [-0.25, -0.2) is 4.98 Å². The van der Waals surface area contributed by atoms with Crippen LogP contribution in [0.5, 0.6) is 5.88 Å². The fraction of sp³-hybridized carbons (Fsp3) is 0.158. The summed E-state index contributed by atoms with van der Waals surface area (Å²) in [6.07, 6.45) is 3.36. The molecule has 0 bridgehead atoms. The lowest BCUT2D eigenvalue weighted by Crippen LogP contribution is -2.30. The van der Waals surface area contributed by atoms with Crippen LogP contribution in [0, 0.1) is 0 Å². The van der Waals surface area contributed by atoms with Gasteiger partial charge in [-0.1, -0.05) is 29.5 Å². The summed E-state index contributed by atoms with van der Waals surface area (Å²) in [5.74, 6) is 0.0549. The average molecular weight is 379 g/mol. The molecule has 136 valence electrons. The second-order valence-corrected chi connectivity index (χ2v) is 6.91. The third-order valence-electron chi connectivity index (χ3n) is 4.02. The number of aryl methyl sites for hydroxylation is 1. The van der Waals surface area contributed by atoms with Gasteiger partial charge in [-0.15, -0.1) is 5.10 Å². The fourth-order valence-electron chi connectivity index (χ4n) is 2.77. The van der Waals surface area contributed by atoms with E-state index in [0.717, 1.165) is 15.9 Å². The number of amides is 1. The van der Waals surface area contributed by atoms with E-state index in [1.54, 1.807) is 29.0 Å². The number of thiazole rings is 1. The van der Waals surface area contributed by atoms with Gasteiger partial charge in [0.15, 0.2) is 5.13 Å². The van der Waals surface area contributed by atoms with Crippen LogP contribution in [0.1, 0.15) is 16.1 Å². The Hall–Kier alpha value is -3.26. The Morgan fingerprint density at radius 2 is 2.04 bits per heavy atom. The Morgan fingerprint density at radius 3 is 2.78 bits per heavy atom. The molecule has 0 saturated carbocycles. The van der Waals surface area contributed by atoms with Crippen LogP contribution in [0.2, 0.25) is 0 Å². The smallest absolute Gasteiger partial charge is 0.267 e. The van der Waals surface area contributed by atoms with E-state index in [2.05, 4.69) is 15.1 Å². The van der Waals surface area contributed by atoms with Crippen molar-refractivity contribution in [1.82, 2.24) is 19.7 Å². The molecule has 0 N–H and O–H groups in total. The van der Waals surface area contributed by atoms with Crippen LogP contribution in [-0.4, -0.2) is 32.8 Å². The Bertz CT molecular complexity index is 1060. The number of benzene rings is 1. The molecule has 0 aliphatic rings. The van der Waals surface area contributed by atoms with E-state index in [0.29, 0.717) is 17.2 Å². The van der Waals surface area contributed by atoms with E-state index in [-0.39, 0.29) is 11.8 Å². The van der Waals surface area contributed by atoms with Crippen molar-refractivity contribution in [3.05, 3.63) is 66.1 Å². The number of hydrogen-bond acceptors (Lipinski definition) is 6. The van der Waals surface area contributed by atoms with E-state index in [1.165, 1.54) is 18.4 Å². The van der Waals surface area contributed by atoms with Crippen molar-refractivity contribution in [2.75, 3.05) is 12.0 Å². The maximum atomic E-state index is 13.4. The Balaban J connectivity index is 1.78. The molecule has 3 aromatic heterocycles. The molecule has 7 nitrogen and oxygen atoms in total. The molecule has 3 heterocycles. The van der Waals surface area contributed by atoms with Gasteiger partial charge < -0.3 is 4.74 Å². The largest absolute Gasteiger partial charge is 0.479 e. The lowest BCUT2D eigenvalue weighted by Gasteiger charge is -2.19. The molecule has 1 aromatic carbocycles. The minimum absolute atomic E-state index is 0.232. The molecule has 1 amide bonds. The zero-order valence-corrected chi connectivity index (χ0v) is 15.7. The van der Waals surface area contributed by atoms with Crippen LogP contribution in [0.25, 0.3) is 10.2 Å². The summed E-state index contributed by atoms with van der Waals surface area (Å²) < 4.78 is 7.85. The number of carbonyl (C=O) groups excluding carboxylic acids is 1. The minimum Gasteiger partial charge on any atom is -0.479 e. The predicted octanol–water partition coefficient (Wildman–Crippen LogP) is 3.28. The summed E-state index contributed by atoms with van der Waals surface area (Å²) in [5, 5.41) is 4.80. The summed E-state index contributed by atoms with van der Waals surface area (Å²) in [4.78, 5) is 24.0. The summed E-state index contributed by atoms with van der Waals surface area (Å²) >= 11 is 1.47. The van der Waals surface area contributed by atoms with E-state index in [9.17, 15) is 4.79 Å². The summed E-state index contributed by atoms with van der Waals surface area (Å²) in [5.41, 5.74) is 2.01. The van der Waals surface area contributed by atoms with Crippen molar-refractivity contribution in [2.45, 2.75) is 6.54 Å². The number of pyridine rings is 1. The first kappa shape index (κ1) is 17.2. The number of ether oxygens (including phenoxy) is 1. The van der Waals surface area contributed by atoms with E-state index in [4.69, 9.17) is 4.74 Å². The zero-order chi connectivity index (χ0) is 18.8. The molecule has 4 aromatic rings. The number of methoxy groups -OCH3 is 1. The lowest BCUT2D eigenvalue weighted by atomic mass is 10.2. The SMILES string of the molecule is COc1nn(C)cc1C(=O)N(Cc1ccccn1)c1nc2ccccc2s1. The zero-order valence-electron chi connectivity index (χ0n) is 14.9. The van der Waals surface area contributed by atoms with Crippen molar-refractivity contribution in [2.24, 2.45) is 7.05 Å². The van der Waals surface area contributed by atoms with Gasteiger partial charge in [-0.05, 0) is 24.3 Å². The van der Waals surface area contributed by atoms with Crippen LogP contribution in [0.4, 0.5) is 5.13 Å². The van der Waals surface area contributed by atoms with Crippen LogP contribution in [0.15, 0.2) is 54.9 Å². The van der Waals surface area contributed by atoms with Crippen molar-refractivity contribution >= 4 is 32.6 Å². The molecule has 0 aliphatic carbocycles. The van der Waals surface area contributed by atoms with Crippen LogP contribution in [-0.2, 0) is 13.6 Å². The number of carbonyl (C=O) groups is 1. The average Bonchev–Trinajstić information content (AvgIpc) is 3.29. The molecule has 0 saturated heterocycles. The summed E-state index contributed by atoms with van der Waals surface area (Å²) in [7, 11) is 3.25.